The standard InChI is InChI=1S/C19H23NO3S/c1-12(2)19(21)20-8-7-13-10-15(22-3)16(23-4)11-14(13)18(20)17-6-5-9-24-17/h5-6,9-12,18H,7-8H2,1-4H3/t18-/m0/s1. The molecule has 5 heteroatoms. The van der Waals surface area contributed by atoms with E-state index in [2.05, 4.69) is 11.4 Å². The van der Waals surface area contributed by atoms with E-state index in [9.17, 15) is 4.79 Å². The summed E-state index contributed by atoms with van der Waals surface area (Å²) in [4.78, 5) is 15.9. The van der Waals surface area contributed by atoms with Crippen LogP contribution in [0.15, 0.2) is 29.6 Å². The number of ether oxygens (including phenoxy) is 2. The Morgan fingerprint density at radius 2 is 1.96 bits per heavy atom. The number of nitrogens with zero attached hydrogens (tertiary/aromatic N) is 1. The average Bonchev–Trinajstić information content (AvgIpc) is 3.12. The number of carbonyl (C=O) groups is 1. The average molecular weight is 345 g/mol. The van der Waals surface area contributed by atoms with Crippen molar-refractivity contribution >= 4 is 17.2 Å². The predicted molar refractivity (Wildman–Crippen MR) is 96.0 cm³/mol. The molecule has 0 spiro atoms. The van der Waals surface area contributed by atoms with E-state index in [1.165, 1.54) is 10.4 Å². The second-order valence-corrected chi connectivity index (χ2v) is 7.24. The highest BCUT2D eigenvalue weighted by molar-refractivity contribution is 7.10. The van der Waals surface area contributed by atoms with Crippen molar-refractivity contribution in [3.8, 4) is 11.5 Å². The number of amides is 1. The molecule has 4 nitrogen and oxygen atoms in total. The summed E-state index contributed by atoms with van der Waals surface area (Å²) >= 11 is 1.68. The minimum atomic E-state index is -0.0524. The van der Waals surface area contributed by atoms with Crippen LogP contribution in [-0.2, 0) is 11.2 Å². The molecule has 1 aliphatic heterocycles. The summed E-state index contributed by atoms with van der Waals surface area (Å²) in [5.74, 6) is 1.62. The van der Waals surface area contributed by atoms with Gasteiger partial charge in [0, 0.05) is 17.3 Å². The normalized spacial score (nSPS) is 16.9. The Labute approximate surface area is 147 Å². The zero-order valence-electron chi connectivity index (χ0n) is 14.5. The zero-order chi connectivity index (χ0) is 17.3. The van der Waals surface area contributed by atoms with Crippen molar-refractivity contribution in [2.75, 3.05) is 20.8 Å². The molecule has 0 bridgehead atoms. The molecule has 128 valence electrons. The van der Waals surface area contributed by atoms with Crippen molar-refractivity contribution in [1.29, 1.82) is 0 Å². The van der Waals surface area contributed by atoms with E-state index in [-0.39, 0.29) is 17.9 Å². The fourth-order valence-electron chi connectivity index (χ4n) is 3.27. The number of hydrogen-bond acceptors (Lipinski definition) is 4. The van der Waals surface area contributed by atoms with E-state index in [0.29, 0.717) is 5.75 Å². The number of hydrogen-bond donors (Lipinski definition) is 0. The van der Waals surface area contributed by atoms with Crippen LogP contribution in [0.3, 0.4) is 0 Å². The Morgan fingerprint density at radius 1 is 1.25 bits per heavy atom. The highest BCUT2D eigenvalue weighted by Gasteiger charge is 2.34. The SMILES string of the molecule is COc1cc2c(cc1OC)[C@@H](c1cccs1)N(C(=O)C(C)C)CC2. The molecule has 0 saturated heterocycles. The minimum Gasteiger partial charge on any atom is -0.493 e. The van der Waals surface area contributed by atoms with Gasteiger partial charge in [-0.05, 0) is 41.1 Å². The Balaban J connectivity index is 2.13. The second-order valence-electron chi connectivity index (χ2n) is 6.26. The van der Waals surface area contributed by atoms with Crippen LogP contribution in [0.5, 0.6) is 11.5 Å². The summed E-state index contributed by atoms with van der Waals surface area (Å²) in [5, 5.41) is 2.06. The molecule has 24 heavy (non-hydrogen) atoms. The molecular formula is C19H23NO3S. The number of carbonyl (C=O) groups excluding carboxylic acids is 1. The second kappa shape index (κ2) is 6.85. The van der Waals surface area contributed by atoms with Crippen LogP contribution in [0.25, 0.3) is 0 Å². The van der Waals surface area contributed by atoms with Gasteiger partial charge >= 0.3 is 0 Å². The van der Waals surface area contributed by atoms with E-state index in [4.69, 9.17) is 9.47 Å². The first kappa shape index (κ1) is 16.8. The minimum absolute atomic E-state index is 0.0193. The van der Waals surface area contributed by atoms with E-state index in [1.54, 1.807) is 25.6 Å². The number of rotatable bonds is 4. The third-order valence-electron chi connectivity index (χ3n) is 4.46. The van der Waals surface area contributed by atoms with Crippen molar-refractivity contribution in [3.63, 3.8) is 0 Å². The first-order valence-electron chi connectivity index (χ1n) is 8.15. The molecule has 0 N–H and O–H groups in total. The molecule has 1 aromatic carbocycles. The van der Waals surface area contributed by atoms with Gasteiger partial charge in [0.05, 0.1) is 20.3 Å². The maximum absolute atomic E-state index is 12.8. The van der Waals surface area contributed by atoms with Crippen LogP contribution < -0.4 is 9.47 Å². The molecule has 0 aliphatic carbocycles. The summed E-state index contributed by atoms with van der Waals surface area (Å²) < 4.78 is 10.9. The third-order valence-corrected chi connectivity index (χ3v) is 5.39. The van der Waals surface area contributed by atoms with Crippen LogP contribution in [-0.4, -0.2) is 31.6 Å². The molecule has 2 aromatic rings. The van der Waals surface area contributed by atoms with Gasteiger partial charge in [-0.2, -0.15) is 0 Å². The van der Waals surface area contributed by atoms with Gasteiger partial charge in [0.2, 0.25) is 5.91 Å². The van der Waals surface area contributed by atoms with Crippen LogP contribution in [0.1, 0.15) is 35.9 Å². The Morgan fingerprint density at radius 3 is 2.54 bits per heavy atom. The van der Waals surface area contributed by atoms with Crippen molar-refractivity contribution in [2.45, 2.75) is 26.3 Å². The van der Waals surface area contributed by atoms with E-state index in [1.807, 2.05) is 36.9 Å². The Bertz CT molecular complexity index is 724. The number of fused-ring (bicyclic) bond motifs is 1. The third kappa shape index (κ3) is 2.88. The van der Waals surface area contributed by atoms with Crippen molar-refractivity contribution in [3.05, 3.63) is 45.6 Å². The lowest BCUT2D eigenvalue weighted by atomic mass is 9.90. The lowest BCUT2D eigenvalue weighted by Crippen LogP contribution is -2.42. The number of methoxy groups -OCH3 is 2. The van der Waals surface area contributed by atoms with Crippen LogP contribution in [0, 0.1) is 5.92 Å². The molecule has 1 aromatic heterocycles. The van der Waals surface area contributed by atoms with E-state index in [0.717, 1.165) is 24.3 Å². The van der Waals surface area contributed by atoms with Crippen molar-refractivity contribution in [2.24, 2.45) is 5.92 Å². The lowest BCUT2D eigenvalue weighted by molar-refractivity contribution is -0.136. The summed E-state index contributed by atoms with van der Waals surface area (Å²) in [7, 11) is 3.29. The lowest BCUT2D eigenvalue weighted by Gasteiger charge is -2.38. The molecular weight excluding hydrogens is 322 g/mol. The molecule has 3 rings (SSSR count). The fourth-order valence-corrected chi connectivity index (χ4v) is 4.12. The molecule has 1 atom stereocenters. The summed E-state index contributed by atoms with van der Waals surface area (Å²) in [5.41, 5.74) is 2.36. The van der Waals surface area contributed by atoms with Crippen LogP contribution in [0.2, 0.25) is 0 Å². The molecule has 1 amide bonds. The van der Waals surface area contributed by atoms with Gasteiger partial charge < -0.3 is 14.4 Å². The van der Waals surface area contributed by atoms with Crippen molar-refractivity contribution in [1.82, 2.24) is 4.90 Å². The summed E-state index contributed by atoms with van der Waals surface area (Å²) in [6.45, 7) is 4.64. The Kier molecular flexibility index (Phi) is 4.81. The van der Waals surface area contributed by atoms with E-state index >= 15 is 0 Å². The van der Waals surface area contributed by atoms with Gasteiger partial charge in [-0.1, -0.05) is 19.9 Å². The molecule has 1 aliphatic rings. The molecule has 2 heterocycles. The van der Waals surface area contributed by atoms with Crippen LogP contribution in [0.4, 0.5) is 0 Å². The van der Waals surface area contributed by atoms with Gasteiger partial charge in [-0.3, -0.25) is 4.79 Å². The zero-order valence-corrected chi connectivity index (χ0v) is 15.4. The van der Waals surface area contributed by atoms with Gasteiger partial charge in [-0.15, -0.1) is 11.3 Å². The maximum atomic E-state index is 12.8. The smallest absolute Gasteiger partial charge is 0.225 e. The fraction of sp³-hybridized carbons (Fsp3) is 0.421. The maximum Gasteiger partial charge on any atom is 0.225 e. The highest BCUT2D eigenvalue weighted by atomic mass is 32.1. The largest absolute Gasteiger partial charge is 0.493 e. The quantitative estimate of drug-likeness (QED) is 0.844. The Hall–Kier alpha value is -2.01. The van der Waals surface area contributed by atoms with Gasteiger partial charge in [0.15, 0.2) is 11.5 Å². The van der Waals surface area contributed by atoms with Gasteiger partial charge in [-0.25, -0.2) is 0 Å². The summed E-state index contributed by atoms with van der Waals surface area (Å²) in [6.07, 6.45) is 0.829. The first-order chi connectivity index (χ1) is 11.6. The number of thiophene rings is 1. The van der Waals surface area contributed by atoms with Gasteiger partial charge in [0.1, 0.15) is 0 Å². The predicted octanol–water partition coefficient (Wildman–Crippen LogP) is 3.90. The summed E-state index contributed by atoms with van der Waals surface area (Å²) in [6, 6.07) is 8.16. The molecule has 0 radical (unpaired) electrons. The van der Waals surface area contributed by atoms with E-state index < -0.39 is 0 Å². The monoisotopic (exact) mass is 345 g/mol. The molecule has 0 fully saturated rings. The van der Waals surface area contributed by atoms with Crippen LogP contribution >= 0.6 is 11.3 Å². The van der Waals surface area contributed by atoms with Gasteiger partial charge in [0.25, 0.3) is 0 Å². The first-order valence-corrected chi connectivity index (χ1v) is 9.03. The topological polar surface area (TPSA) is 38.8 Å². The highest BCUT2D eigenvalue weighted by Crippen LogP contribution is 2.42. The number of benzene rings is 1. The molecule has 0 unspecified atom stereocenters. The molecule has 0 saturated carbocycles. The van der Waals surface area contributed by atoms with Crippen molar-refractivity contribution < 1.29 is 14.3 Å².